The largest absolute Gasteiger partial charge is 0.467 e. The van der Waals surface area contributed by atoms with Crippen LogP contribution in [0.3, 0.4) is 0 Å². The van der Waals surface area contributed by atoms with Crippen molar-refractivity contribution in [3.05, 3.63) is 29.3 Å². The van der Waals surface area contributed by atoms with Gasteiger partial charge in [0.15, 0.2) is 6.10 Å². The quantitative estimate of drug-likeness (QED) is 0.496. The normalized spacial score (nSPS) is 16.6. The number of ketones is 1. The molecule has 2 rings (SSSR count). The van der Waals surface area contributed by atoms with Crippen molar-refractivity contribution in [2.24, 2.45) is 0 Å². The molecular formula is C12H11NO6. The second-order valence-corrected chi connectivity index (χ2v) is 4.00. The molecule has 2 unspecified atom stereocenters. The van der Waals surface area contributed by atoms with Gasteiger partial charge in [-0.15, -0.1) is 0 Å². The van der Waals surface area contributed by atoms with Crippen molar-refractivity contribution >= 4 is 23.3 Å². The van der Waals surface area contributed by atoms with Gasteiger partial charge in [-0.25, -0.2) is 4.79 Å². The van der Waals surface area contributed by atoms with Crippen LogP contribution in [0.5, 0.6) is 0 Å². The van der Waals surface area contributed by atoms with Crippen molar-refractivity contribution in [2.75, 3.05) is 12.4 Å². The lowest BCUT2D eigenvalue weighted by Gasteiger charge is -2.16. The zero-order chi connectivity index (χ0) is 14.2. The Morgan fingerprint density at radius 1 is 1.32 bits per heavy atom. The van der Waals surface area contributed by atoms with E-state index in [2.05, 4.69) is 10.1 Å². The van der Waals surface area contributed by atoms with Crippen LogP contribution in [0.4, 0.5) is 5.69 Å². The van der Waals surface area contributed by atoms with Gasteiger partial charge in [0.05, 0.1) is 18.4 Å². The third-order valence-corrected chi connectivity index (χ3v) is 2.83. The molecule has 0 radical (unpaired) electrons. The molecule has 0 spiro atoms. The molecule has 1 aliphatic rings. The summed E-state index contributed by atoms with van der Waals surface area (Å²) in [4.78, 5) is 33.7. The Morgan fingerprint density at radius 3 is 2.63 bits per heavy atom. The van der Waals surface area contributed by atoms with Crippen LogP contribution < -0.4 is 5.32 Å². The van der Waals surface area contributed by atoms with Gasteiger partial charge in [0.25, 0.3) is 11.7 Å². The van der Waals surface area contributed by atoms with Gasteiger partial charge >= 0.3 is 5.97 Å². The van der Waals surface area contributed by atoms with Gasteiger partial charge in [-0.2, -0.15) is 0 Å². The Morgan fingerprint density at radius 2 is 2.00 bits per heavy atom. The van der Waals surface area contributed by atoms with E-state index >= 15 is 0 Å². The maximum Gasteiger partial charge on any atom is 0.337 e. The third kappa shape index (κ3) is 2.20. The molecule has 1 aromatic carbocycles. The Bertz CT molecular complexity index is 567. The fourth-order valence-corrected chi connectivity index (χ4v) is 1.78. The number of fused-ring (bicyclic) bond motifs is 1. The molecule has 1 heterocycles. The summed E-state index contributed by atoms with van der Waals surface area (Å²) in [7, 11) is 1.08. The van der Waals surface area contributed by atoms with E-state index < -0.39 is 29.9 Å². The molecular weight excluding hydrogens is 254 g/mol. The van der Waals surface area contributed by atoms with Gasteiger partial charge in [0, 0.05) is 0 Å². The number of nitrogens with one attached hydrogen (secondary N) is 1. The number of esters is 1. The zero-order valence-electron chi connectivity index (χ0n) is 9.91. The third-order valence-electron chi connectivity index (χ3n) is 2.83. The Labute approximate surface area is 107 Å². The molecule has 3 N–H and O–H groups in total. The highest BCUT2D eigenvalue weighted by Crippen LogP contribution is 2.27. The van der Waals surface area contributed by atoms with Gasteiger partial charge in [0.1, 0.15) is 6.10 Å². The number of carbonyl (C=O) groups is 3. The average Bonchev–Trinajstić information content (AvgIpc) is 2.71. The van der Waals surface area contributed by atoms with E-state index in [0.717, 1.165) is 7.11 Å². The highest BCUT2D eigenvalue weighted by molar-refractivity contribution is 6.51. The van der Waals surface area contributed by atoms with Crippen molar-refractivity contribution < 1.29 is 29.3 Å². The van der Waals surface area contributed by atoms with E-state index in [-0.39, 0.29) is 11.1 Å². The van der Waals surface area contributed by atoms with Crippen molar-refractivity contribution in [2.45, 2.75) is 12.2 Å². The molecule has 0 saturated carbocycles. The van der Waals surface area contributed by atoms with E-state index in [1.165, 1.54) is 18.2 Å². The summed E-state index contributed by atoms with van der Waals surface area (Å²) in [6.45, 7) is 0. The number of anilines is 1. The molecule has 100 valence electrons. The predicted molar refractivity (Wildman–Crippen MR) is 62.4 cm³/mol. The highest BCUT2D eigenvalue weighted by Gasteiger charge is 2.31. The standard InChI is InChI=1S/C12H11NO6/c1-19-12(18)10(16)8(14)5-2-3-7-6(4-5)9(15)11(17)13-7/h2-4,8,10,14,16H,1H3,(H,13,15,17). The number of hydrogen-bond acceptors (Lipinski definition) is 6. The molecule has 0 aliphatic carbocycles. The minimum atomic E-state index is -1.76. The number of hydrogen-bond donors (Lipinski definition) is 3. The second kappa shape index (κ2) is 4.79. The van der Waals surface area contributed by atoms with Crippen LogP contribution in [-0.2, 0) is 14.3 Å². The monoisotopic (exact) mass is 265 g/mol. The first-order chi connectivity index (χ1) is 8.95. The van der Waals surface area contributed by atoms with E-state index in [9.17, 15) is 24.6 Å². The molecule has 0 bridgehead atoms. The lowest BCUT2D eigenvalue weighted by atomic mass is 10.0. The molecule has 0 aromatic heterocycles. The maximum absolute atomic E-state index is 11.5. The van der Waals surface area contributed by atoms with Crippen molar-refractivity contribution in [3.8, 4) is 0 Å². The zero-order valence-corrected chi connectivity index (χ0v) is 9.91. The minimum absolute atomic E-state index is 0.0959. The van der Waals surface area contributed by atoms with Crippen LogP contribution in [0.2, 0.25) is 0 Å². The van der Waals surface area contributed by atoms with Gasteiger partial charge in [-0.1, -0.05) is 6.07 Å². The van der Waals surface area contributed by atoms with Crippen molar-refractivity contribution in [1.29, 1.82) is 0 Å². The van der Waals surface area contributed by atoms with Gasteiger partial charge in [-0.3, -0.25) is 9.59 Å². The first kappa shape index (κ1) is 13.2. The number of amides is 1. The molecule has 2 atom stereocenters. The Hall–Kier alpha value is -2.25. The summed E-state index contributed by atoms with van der Waals surface area (Å²) < 4.78 is 4.30. The summed E-state index contributed by atoms with van der Waals surface area (Å²) in [6, 6.07) is 4.07. The van der Waals surface area contributed by atoms with E-state index in [4.69, 9.17) is 0 Å². The number of aliphatic hydroxyl groups excluding tert-OH is 2. The predicted octanol–water partition coefficient (Wildman–Crippen LogP) is -0.611. The molecule has 0 fully saturated rings. The SMILES string of the molecule is COC(=O)C(O)C(O)c1ccc2c(c1)C(=O)C(=O)N2. The number of methoxy groups -OCH3 is 1. The van der Waals surface area contributed by atoms with Gasteiger partial charge in [0.2, 0.25) is 0 Å². The lowest BCUT2D eigenvalue weighted by Crippen LogP contribution is -2.29. The minimum Gasteiger partial charge on any atom is -0.467 e. The Kier molecular flexibility index (Phi) is 3.32. The van der Waals surface area contributed by atoms with Crippen LogP contribution >= 0.6 is 0 Å². The van der Waals surface area contributed by atoms with Crippen LogP contribution in [0, 0.1) is 0 Å². The van der Waals surface area contributed by atoms with Gasteiger partial charge in [-0.05, 0) is 17.7 Å². The summed E-state index contributed by atoms with van der Waals surface area (Å²) in [5, 5.41) is 21.7. The number of aliphatic hydroxyl groups is 2. The average molecular weight is 265 g/mol. The molecule has 1 aromatic rings. The fraction of sp³-hybridized carbons (Fsp3) is 0.250. The van der Waals surface area contributed by atoms with Gasteiger partial charge < -0.3 is 20.3 Å². The first-order valence-corrected chi connectivity index (χ1v) is 5.39. The topological polar surface area (TPSA) is 113 Å². The number of carbonyl (C=O) groups excluding carboxylic acids is 3. The number of Topliss-reactive ketones (excluding diaryl/α,β-unsaturated/α-hetero) is 1. The second-order valence-electron chi connectivity index (χ2n) is 4.00. The van der Waals surface area contributed by atoms with E-state index in [0.29, 0.717) is 5.69 Å². The van der Waals surface area contributed by atoms with Crippen LogP contribution in [-0.4, -0.2) is 41.1 Å². The maximum atomic E-state index is 11.5. The first-order valence-electron chi connectivity index (χ1n) is 5.39. The smallest absolute Gasteiger partial charge is 0.337 e. The Balaban J connectivity index is 2.31. The summed E-state index contributed by atoms with van der Waals surface area (Å²) >= 11 is 0. The number of benzene rings is 1. The molecule has 7 heteroatoms. The van der Waals surface area contributed by atoms with E-state index in [1.54, 1.807) is 0 Å². The van der Waals surface area contributed by atoms with Crippen LogP contribution in [0.15, 0.2) is 18.2 Å². The molecule has 1 amide bonds. The summed E-state index contributed by atoms with van der Waals surface area (Å²) in [5.74, 6) is -2.47. The molecule has 19 heavy (non-hydrogen) atoms. The van der Waals surface area contributed by atoms with E-state index in [1.807, 2.05) is 0 Å². The van der Waals surface area contributed by atoms with Crippen LogP contribution in [0.1, 0.15) is 22.0 Å². The van der Waals surface area contributed by atoms with Crippen molar-refractivity contribution in [3.63, 3.8) is 0 Å². The fourth-order valence-electron chi connectivity index (χ4n) is 1.78. The molecule has 0 saturated heterocycles. The summed E-state index contributed by atoms with van der Waals surface area (Å²) in [5.41, 5.74) is 0.568. The summed E-state index contributed by atoms with van der Waals surface area (Å²) in [6.07, 6.45) is -3.30. The molecule has 7 nitrogen and oxygen atoms in total. The highest BCUT2D eigenvalue weighted by atomic mass is 16.5. The number of ether oxygens (including phenoxy) is 1. The molecule has 1 aliphatic heterocycles. The number of rotatable bonds is 3. The van der Waals surface area contributed by atoms with Crippen molar-refractivity contribution in [1.82, 2.24) is 0 Å². The lowest BCUT2D eigenvalue weighted by molar-refractivity contribution is -0.156. The van der Waals surface area contributed by atoms with Crippen LogP contribution in [0.25, 0.3) is 0 Å².